The third-order valence-electron chi connectivity index (χ3n) is 2.67. The number of cyclic esters (lactones) is 2. The fraction of sp³-hybridized carbons (Fsp3) is 0.875. The minimum atomic E-state index is -0.358. The summed E-state index contributed by atoms with van der Waals surface area (Å²) in [5, 5.41) is 11.8. The van der Waals surface area contributed by atoms with E-state index in [0.29, 0.717) is 13.1 Å². The maximum absolute atomic E-state index is 10.7. The van der Waals surface area contributed by atoms with Crippen LogP contribution in [0.3, 0.4) is 0 Å². The summed E-state index contributed by atoms with van der Waals surface area (Å²) in [6.07, 6.45) is -1.30. The van der Waals surface area contributed by atoms with Crippen LogP contribution in [0.4, 0.5) is 9.59 Å². The first-order valence-electron chi connectivity index (χ1n) is 7.93. The molecule has 0 aromatic rings. The number of likely N-dealkylation sites (N-methyl/N-ethyl adjacent to an activating group) is 2. The largest absolute Gasteiger partial charge is 0.444 e. The summed E-state index contributed by atoms with van der Waals surface area (Å²) in [5.74, 6) is 0. The average molecular weight is 459 g/mol. The van der Waals surface area contributed by atoms with Crippen LogP contribution in [0.5, 0.6) is 0 Å². The molecule has 2 aliphatic heterocycles. The zero-order valence-corrected chi connectivity index (χ0v) is 17.4. The molecule has 2 rings (SSSR count). The van der Waals surface area contributed by atoms with Gasteiger partial charge in [-0.15, -0.1) is 0 Å². The van der Waals surface area contributed by atoms with Gasteiger partial charge >= 0.3 is 12.2 Å². The van der Waals surface area contributed by atoms with E-state index in [4.69, 9.17) is 15.4 Å². The summed E-state index contributed by atoms with van der Waals surface area (Å²) in [5.41, 5.74) is 7.96. The van der Waals surface area contributed by atoms with Crippen LogP contribution < -0.4 is 0 Å². The summed E-state index contributed by atoms with van der Waals surface area (Å²) in [4.78, 5) is 26.7. The Morgan fingerprint density at radius 2 is 1.36 bits per heavy atom. The molecule has 0 saturated carbocycles. The second-order valence-electron chi connectivity index (χ2n) is 4.37. The van der Waals surface area contributed by atoms with Gasteiger partial charge in [-0.2, -0.15) is 0 Å². The van der Waals surface area contributed by atoms with Gasteiger partial charge in [-0.25, -0.2) is 9.59 Å². The molecule has 2 atom stereocenters. The standard InChI is InChI=1S/C5H8N4O2.C5H9NO3.2C2H6.2CH4.2Ar/c1-9-3-4(2-7-8-6)11-5(9)10;1-6-2-4(3-7)9-5(6)8;2*1-2;;;;/h4H,2-3H2,1H3;4,7H,2-3H2,1H3;2*1-2H3;2*1H4;;. The molecular weight excluding hydrogens is 422 g/mol. The van der Waals surface area contributed by atoms with Crippen molar-refractivity contribution in [3.63, 3.8) is 0 Å². The predicted octanol–water partition coefficient (Wildman–Crippen LogP) is 3.50. The average Bonchev–Trinajstić information content (AvgIpc) is 3.11. The molecule has 2 fully saturated rings. The van der Waals surface area contributed by atoms with Crippen molar-refractivity contribution in [1.29, 1.82) is 0 Å². The van der Waals surface area contributed by atoms with Gasteiger partial charge < -0.3 is 24.4 Å². The maximum atomic E-state index is 10.7. The number of aliphatic hydroxyl groups is 1. The van der Waals surface area contributed by atoms with Crippen LogP contribution in [0.15, 0.2) is 5.11 Å². The van der Waals surface area contributed by atoms with Gasteiger partial charge in [0.15, 0.2) is 0 Å². The first kappa shape index (κ1) is 42.4. The third kappa shape index (κ3) is 18.4. The molecule has 12 heteroatoms. The van der Waals surface area contributed by atoms with Crippen LogP contribution in [0.1, 0.15) is 42.5 Å². The van der Waals surface area contributed by atoms with E-state index in [9.17, 15) is 9.59 Å². The number of carbonyl (C=O) groups is 2. The van der Waals surface area contributed by atoms with Crippen LogP contribution in [0.25, 0.3) is 10.4 Å². The fourth-order valence-electron chi connectivity index (χ4n) is 1.62. The topological polar surface area (TPSA) is 128 Å². The SMILES string of the molecule is C.C.CC.CC.CN1CC(CN=[N+]=[N-])OC1=O.CN1CC(CO)OC1=O.[Ar].[Ar]. The van der Waals surface area contributed by atoms with Crippen molar-refractivity contribution >= 4 is 12.2 Å². The van der Waals surface area contributed by atoms with Gasteiger partial charge in [0.1, 0.15) is 12.2 Å². The number of ether oxygens (including phenoxy) is 2. The molecule has 0 aromatic heterocycles. The number of rotatable bonds is 3. The van der Waals surface area contributed by atoms with Crippen LogP contribution in [0.2, 0.25) is 0 Å². The Balaban J connectivity index is -0.0000000659. The molecule has 172 valence electrons. The molecule has 1 N–H and O–H groups in total. The Morgan fingerprint density at radius 3 is 1.57 bits per heavy atom. The van der Waals surface area contributed by atoms with Crippen molar-refractivity contribution in [2.75, 3.05) is 40.3 Å². The van der Waals surface area contributed by atoms with Gasteiger partial charge in [0.05, 0.1) is 26.2 Å². The third-order valence-corrected chi connectivity index (χ3v) is 2.67. The van der Waals surface area contributed by atoms with E-state index >= 15 is 0 Å². The van der Waals surface area contributed by atoms with Crippen LogP contribution in [-0.2, 0) is 9.47 Å². The number of nitrogens with zero attached hydrogens (tertiary/aromatic N) is 5. The summed E-state index contributed by atoms with van der Waals surface area (Å²) in [6.45, 7) is 9.12. The minimum Gasteiger partial charge on any atom is -0.444 e. The second kappa shape index (κ2) is 27.3. The molecule has 2 saturated heterocycles. The van der Waals surface area contributed by atoms with Gasteiger partial charge in [-0.05, 0) is 5.53 Å². The van der Waals surface area contributed by atoms with E-state index in [1.807, 2.05) is 27.7 Å². The Kier molecular flexibility index (Phi) is 41.4. The smallest absolute Gasteiger partial charge is 0.410 e. The summed E-state index contributed by atoms with van der Waals surface area (Å²) in [7, 11) is 3.27. The Labute approximate surface area is 229 Å². The summed E-state index contributed by atoms with van der Waals surface area (Å²) < 4.78 is 9.46. The number of hydrogen-bond donors (Lipinski definition) is 1. The van der Waals surface area contributed by atoms with E-state index in [1.54, 1.807) is 14.1 Å². The molecular formula is C16H37Ar2N5O5. The van der Waals surface area contributed by atoms with Gasteiger partial charge in [0.2, 0.25) is 0 Å². The minimum absolute atomic E-state index is 0. The monoisotopic (exact) mass is 459 g/mol. The Bertz CT molecular complexity index is 424. The molecule has 10 nitrogen and oxygen atoms in total. The van der Waals surface area contributed by atoms with Gasteiger partial charge in [0, 0.05) is 94.5 Å². The Hall–Kier alpha value is 0.329. The number of carbonyl (C=O) groups excluding carboxylic acids is 2. The van der Waals surface area contributed by atoms with Crippen molar-refractivity contribution in [3.05, 3.63) is 10.4 Å². The quantitative estimate of drug-likeness (QED) is 0.392. The fourth-order valence-corrected chi connectivity index (χ4v) is 1.62. The van der Waals surface area contributed by atoms with E-state index in [0.717, 1.165) is 0 Å². The zero-order valence-electron chi connectivity index (χ0n) is 16.0. The molecule has 2 amide bonds. The molecule has 2 unspecified atom stereocenters. The molecule has 2 heterocycles. The second-order valence-corrected chi connectivity index (χ2v) is 4.37. The van der Waals surface area contributed by atoms with Gasteiger partial charge in [-0.1, -0.05) is 47.7 Å². The number of amides is 2. The molecule has 0 aromatic carbocycles. The van der Waals surface area contributed by atoms with E-state index in [2.05, 4.69) is 14.8 Å². The summed E-state index contributed by atoms with van der Waals surface area (Å²) in [6, 6.07) is 0. The normalized spacial score (nSPS) is 18.0. The van der Waals surface area contributed by atoms with Crippen molar-refractivity contribution < 1.29 is 99.6 Å². The number of hydrogen-bond acceptors (Lipinski definition) is 6. The zero-order chi connectivity index (χ0) is 19.1. The predicted molar refractivity (Wildman–Crippen MR) is 103 cm³/mol. The molecule has 2 aliphatic rings. The Morgan fingerprint density at radius 1 is 1.00 bits per heavy atom. The first-order valence-corrected chi connectivity index (χ1v) is 7.93. The number of aliphatic hydroxyl groups excluding tert-OH is 1. The van der Waals surface area contributed by atoms with E-state index in [1.165, 1.54) is 9.80 Å². The maximum Gasteiger partial charge on any atom is 0.410 e. The van der Waals surface area contributed by atoms with Crippen molar-refractivity contribution in [2.45, 2.75) is 54.8 Å². The van der Waals surface area contributed by atoms with Crippen LogP contribution in [0, 0.1) is 75.5 Å². The van der Waals surface area contributed by atoms with E-state index in [-0.39, 0.29) is 128 Å². The molecule has 0 radical (unpaired) electrons. The van der Waals surface area contributed by atoms with Crippen LogP contribution in [-0.4, -0.2) is 79.6 Å². The van der Waals surface area contributed by atoms with Crippen LogP contribution >= 0.6 is 0 Å². The van der Waals surface area contributed by atoms with Gasteiger partial charge in [-0.3, -0.25) is 0 Å². The van der Waals surface area contributed by atoms with E-state index < -0.39 is 0 Å². The number of azide groups is 1. The molecule has 0 bridgehead atoms. The van der Waals surface area contributed by atoms with Crippen molar-refractivity contribution in [2.24, 2.45) is 5.11 Å². The molecule has 0 aliphatic carbocycles. The summed E-state index contributed by atoms with van der Waals surface area (Å²) >= 11 is 0. The first-order chi connectivity index (χ1) is 11.5. The van der Waals surface area contributed by atoms with Crippen molar-refractivity contribution in [3.8, 4) is 0 Å². The van der Waals surface area contributed by atoms with Gasteiger partial charge in [0.25, 0.3) is 0 Å². The molecule has 28 heavy (non-hydrogen) atoms. The van der Waals surface area contributed by atoms with Crippen molar-refractivity contribution in [1.82, 2.24) is 9.80 Å². The molecule has 0 spiro atoms.